The molecular formula is C22H30N2O4. The van der Waals surface area contributed by atoms with Gasteiger partial charge in [0, 0.05) is 36.7 Å². The van der Waals surface area contributed by atoms with Gasteiger partial charge >= 0.3 is 0 Å². The molecule has 3 aliphatic rings. The highest BCUT2D eigenvalue weighted by atomic mass is 16.6. The molecule has 0 atom stereocenters. The number of anilines is 1. The molecule has 1 N–H and O–H groups in total. The van der Waals surface area contributed by atoms with Crippen molar-refractivity contribution in [3.05, 3.63) is 18.2 Å². The molecule has 1 aromatic rings. The molecule has 2 aliphatic heterocycles. The number of carbonyl (C=O) groups is 2. The van der Waals surface area contributed by atoms with E-state index in [2.05, 4.69) is 12.2 Å². The van der Waals surface area contributed by atoms with E-state index in [1.54, 1.807) is 0 Å². The molecule has 1 aliphatic carbocycles. The fourth-order valence-electron chi connectivity index (χ4n) is 4.46. The number of hydrogen-bond acceptors (Lipinski definition) is 4. The van der Waals surface area contributed by atoms with E-state index < -0.39 is 0 Å². The number of rotatable bonds is 3. The van der Waals surface area contributed by atoms with Gasteiger partial charge in [0.05, 0.1) is 0 Å². The van der Waals surface area contributed by atoms with Gasteiger partial charge in [0.25, 0.3) is 0 Å². The van der Waals surface area contributed by atoms with Gasteiger partial charge in [-0.25, -0.2) is 0 Å². The van der Waals surface area contributed by atoms with Gasteiger partial charge in [0.15, 0.2) is 11.5 Å². The first kappa shape index (κ1) is 19.1. The van der Waals surface area contributed by atoms with E-state index in [9.17, 15) is 9.59 Å². The molecule has 1 saturated heterocycles. The lowest BCUT2D eigenvalue weighted by atomic mass is 9.80. The van der Waals surface area contributed by atoms with Gasteiger partial charge in [-0.05, 0) is 56.6 Å². The average Bonchev–Trinajstić information content (AvgIpc) is 2.74. The van der Waals surface area contributed by atoms with Crippen LogP contribution in [0, 0.1) is 17.8 Å². The summed E-state index contributed by atoms with van der Waals surface area (Å²) in [6.07, 6.45) is 5.39. The molecule has 2 fully saturated rings. The maximum absolute atomic E-state index is 12.8. The fraction of sp³-hybridized carbons (Fsp3) is 0.636. The second-order valence-corrected chi connectivity index (χ2v) is 8.40. The summed E-state index contributed by atoms with van der Waals surface area (Å²) in [5, 5.41) is 3.00. The van der Waals surface area contributed by atoms with Crippen LogP contribution in [0.2, 0.25) is 0 Å². The van der Waals surface area contributed by atoms with Crippen molar-refractivity contribution in [2.24, 2.45) is 17.8 Å². The lowest BCUT2D eigenvalue weighted by molar-refractivity contribution is -0.139. The number of carbonyl (C=O) groups excluding carboxylic acids is 2. The van der Waals surface area contributed by atoms with Crippen molar-refractivity contribution < 1.29 is 19.1 Å². The van der Waals surface area contributed by atoms with Gasteiger partial charge in [-0.1, -0.05) is 6.92 Å². The van der Waals surface area contributed by atoms with Crippen molar-refractivity contribution in [1.29, 1.82) is 0 Å². The quantitative estimate of drug-likeness (QED) is 0.864. The molecule has 2 heterocycles. The Morgan fingerprint density at radius 3 is 2.29 bits per heavy atom. The zero-order valence-corrected chi connectivity index (χ0v) is 16.6. The largest absolute Gasteiger partial charge is 0.486 e. The van der Waals surface area contributed by atoms with E-state index in [1.807, 2.05) is 23.1 Å². The normalized spacial score (nSPS) is 25.2. The first-order valence-corrected chi connectivity index (χ1v) is 10.6. The summed E-state index contributed by atoms with van der Waals surface area (Å²) in [5.74, 6) is 2.52. The SMILES string of the molecule is CC1CCN(C(=O)C2CCC(C(=O)Nc3ccc4c(c3)OCCO4)CC2)CC1. The molecule has 0 unspecified atom stereocenters. The van der Waals surface area contributed by atoms with Crippen molar-refractivity contribution in [3.8, 4) is 11.5 Å². The first-order valence-electron chi connectivity index (χ1n) is 10.6. The van der Waals surface area contributed by atoms with Crippen LogP contribution in [0.25, 0.3) is 0 Å². The van der Waals surface area contributed by atoms with Crippen molar-refractivity contribution in [1.82, 2.24) is 4.90 Å². The number of hydrogen-bond donors (Lipinski definition) is 1. The number of likely N-dealkylation sites (tertiary alicyclic amines) is 1. The van der Waals surface area contributed by atoms with Crippen LogP contribution in [0.5, 0.6) is 11.5 Å². The van der Waals surface area contributed by atoms with Crippen LogP contribution in [0.15, 0.2) is 18.2 Å². The minimum atomic E-state index is -0.0290. The Balaban J connectivity index is 1.27. The van der Waals surface area contributed by atoms with E-state index in [-0.39, 0.29) is 17.7 Å². The Hall–Kier alpha value is -2.24. The second-order valence-electron chi connectivity index (χ2n) is 8.40. The van der Waals surface area contributed by atoms with Crippen LogP contribution in [-0.2, 0) is 9.59 Å². The molecule has 1 saturated carbocycles. The van der Waals surface area contributed by atoms with E-state index in [0.29, 0.717) is 24.9 Å². The number of benzene rings is 1. The molecule has 6 heteroatoms. The van der Waals surface area contributed by atoms with Crippen LogP contribution >= 0.6 is 0 Å². The summed E-state index contributed by atoms with van der Waals surface area (Å²) in [7, 11) is 0. The van der Waals surface area contributed by atoms with Gasteiger partial charge < -0.3 is 19.7 Å². The minimum absolute atomic E-state index is 0.0290. The maximum Gasteiger partial charge on any atom is 0.227 e. The first-order chi connectivity index (χ1) is 13.6. The number of nitrogens with one attached hydrogen (secondary N) is 1. The van der Waals surface area contributed by atoms with Gasteiger partial charge in [-0.15, -0.1) is 0 Å². The van der Waals surface area contributed by atoms with Crippen molar-refractivity contribution >= 4 is 17.5 Å². The van der Waals surface area contributed by atoms with Crippen molar-refractivity contribution in [3.63, 3.8) is 0 Å². The van der Waals surface area contributed by atoms with Gasteiger partial charge in [-0.3, -0.25) is 9.59 Å². The highest BCUT2D eigenvalue weighted by Gasteiger charge is 2.33. The summed E-state index contributed by atoms with van der Waals surface area (Å²) >= 11 is 0. The monoisotopic (exact) mass is 386 g/mol. The summed E-state index contributed by atoms with van der Waals surface area (Å²) < 4.78 is 11.1. The maximum atomic E-state index is 12.8. The standard InChI is InChI=1S/C22H30N2O4/c1-15-8-10-24(11-9-15)22(26)17-4-2-16(3-5-17)21(25)23-18-6-7-19-20(14-18)28-13-12-27-19/h6-7,14-17H,2-5,8-13H2,1H3,(H,23,25). The lowest BCUT2D eigenvalue weighted by Crippen LogP contribution is -2.42. The zero-order chi connectivity index (χ0) is 19.5. The van der Waals surface area contributed by atoms with E-state index in [1.165, 1.54) is 0 Å². The number of amides is 2. The van der Waals surface area contributed by atoms with E-state index in [0.717, 1.165) is 69.0 Å². The van der Waals surface area contributed by atoms with Crippen molar-refractivity contribution in [2.45, 2.75) is 45.4 Å². The Kier molecular flexibility index (Phi) is 5.74. The van der Waals surface area contributed by atoms with E-state index >= 15 is 0 Å². The second kappa shape index (κ2) is 8.41. The molecule has 6 nitrogen and oxygen atoms in total. The Bertz CT molecular complexity index is 719. The predicted molar refractivity (Wildman–Crippen MR) is 106 cm³/mol. The van der Waals surface area contributed by atoms with Crippen LogP contribution in [0.1, 0.15) is 45.4 Å². The topological polar surface area (TPSA) is 67.9 Å². The molecule has 152 valence electrons. The lowest BCUT2D eigenvalue weighted by Gasteiger charge is -2.35. The molecule has 4 rings (SSSR count). The summed E-state index contributed by atoms with van der Waals surface area (Å²) in [4.78, 5) is 27.5. The number of ether oxygens (including phenoxy) is 2. The van der Waals surface area contributed by atoms with Crippen LogP contribution in [-0.4, -0.2) is 43.0 Å². The third-order valence-electron chi connectivity index (χ3n) is 6.35. The highest BCUT2D eigenvalue weighted by Crippen LogP contribution is 2.34. The third-order valence-corrected chi connectivity index (χ3v) is 6.35. The van der Waals surface area contributed by atoms with Gasteiger partial charge in [-0.2, -0.15) is 0 Å². The Morgan fingerprint density at radius 2 is 1.57 bits per heavy atom. The molecule has 2 amide bonds. The molecule has 0 bridgehead atoms. The summed E-state index contributed by atoms with van der Waals surface area (Å²) in [5.41, 5.74) is 0.731. The minimum Gasteiger partial charge on any atom is -0.486 e. The van der Waals surface area contributed by atoms with Crippen LogP contribution in [0.4, 0.5) is 5.69 Å². The molecule has 28 heavy (non-hydrogen) atoms. The van der Waals surface area contributed by atoms with Crippen molar-refractivity contribution in [2.75, 3.05) is 31.6 Å². The highest BCUT2D eigenvalue weighted by molar-refractivity contribution is 5.93. The Labute approximate surface area is 166 Å². The molecule has 1 aromatic carbocycles. The van der Waals surface area contributed by atoms with Crippen LogP contribution in [0.3, 0.4) is 0 Å². The molecule has 0 spiro atoms. The number of piperidine rings is 1. The predicted octanol–water partition coefficient (Wildman–Crippen LogP) is 3.46. The average molecular weight is 386 g/mol. The van der Waals surface area contributed by atoms with E-state index in [4.69, 9.17) is 9.47 Å². The molecule has 0 aromatic heterocycles. The smallest absolute Gasteiger partial charge is 0.227 e. The van der Waals surface area contributed by atoms with Gasteiger partial charge in [0.1, 0.15) is 13.2 Å². The molecular weight excluding hydrogens is 356 g/mol. The van der Waals surface area contributed by atoms with Gasteiger partial charge in [0.2, 0.25) is 11.8 Å². The third kappa shape index (κ3) is 4.26. The molecule has 0 radical (unpaired) electrons. The number of nitrogens with zero attached hydrogens (tertiary/aromatic N) is 1. The zero-order valence-electron chi connectivity index (χ0n) is 16.6. The number of fused-ring (bicyclic) bond motifs is 1. The fourth-order valence-corrected chi connectivity index (χ4v) is 4.46. The Morgan fingerprint density at radius 1 is 0.929 bits per heavy atom. The summed E-state index contributed by atoms with van der Waals surface area (Å²) in [6, 6.07) is 5.50. The summed E-state index contributed by atoms with van der Waals surface area (Å²) in [6.45, 7) is 5.12. The van der Waals surface area contributed by atoms with Crippen LogP contribution < -0.4 is 14.8 Å².